The maximum Gasteiger partial charge on any atom is 0.260 e. The molecule has 0 saturated carbocycles. The first-order chi connectivity index (χ1) is 13.5. The molecule has 4 aromatic rings. The molecular weight excluding hydrogens is 366 g/mol. The zero-order chi connectivity index (χ0) is 19.7. The summed E-state index contributed by atoms with van der Waals surface area (Å²) in [5, 5.41) is 0.704. The van der Waals surface area contributed by atoms with Gasteiger partial charge in [0.25, 0.3) is 5.91 Å². The Morgan fingerprint density at radius 2 is 1.82 bits per heavy atom. The van der Waals surface area contributed by atoms with Crippen LogP contribution in [0.1, 0.15) is 32.6 Å². The van der Waals surface area contributed by atoms with E-state index in [1.807, 2.05) is 56.3 Å². The third-order valence-corrected chi connectivity index (χ3v) is 5.74. The van der Waals surface area contributed by atoms with E-state index >= 15 is 0 Å². The van der Waals surface area contributed by atoms with Crippen molar-refractivity contribution in [3.8, 4) is 0 Å². The summed E-state index contributed by atoms with van der Waals surface area (Å²) in [5.74, 6) is -0.0409. The fourth-order valence-corrected chi connectivity index (χ4v) is 4.21. The molecule has 0 spiro atoms. The van der Waals surface area contributed by atoms with Crippen LogP contribution in [0.25, 0.3) is 10.2 Å². The van der Waals surface area contributed by atoms with Crippen LogP contribution in [-0.2, 0) is 6.54 Å². The average molecular weight is 388 g/mol. The van der Waals surface area contributed by atoms with Crippen LogP contribution >= 0.6 is 11.3 Å². The number of hydrogen-bond donors (Lipinski definition) is 0. The van der Waals surface area contributed by atoms with Gasteiger partial charge in [-0.3, -0.25) is 14.7 Å². The molecule has 0 aliphatic heterocycles. The van der Waals surface area contributed by atoms with Gasteiger partial charge < -0.3 is 0 Å². The molecule has 5 heteroatoms. The van der Waals surface area contributed by atoms with Gasteiger partial charge in [-0.15, -0.1) is 0 Å². The summed E-state index contributed by atoms with van der Waals surface area (Å²) in [6.07, 6.45) is 3.53. The minimum Gasteiger partial charge on any atom is -0.279 e. The molecule has 0 unspecified atom stereocenters. The molecule has 28 heavy (non-hydrogen) atoms. The monoisotopic (exact) mass is 387 g/mol. The van der Waals surface area contributed by atoms with Crippen molar-refractivity contribution in [2.75, 3.05) is 4.90 Å². The Labute approximate surface area is 168 Å². The summed E-state index contributed by atoms with van der Waals surface area (Å²) in [5.41, 5.74) is 5.80. The van der Waals surface area contributed by atoms with Crippen molar-refractivity contribution in [2.24, 2.45) is 0 Å². The topological polar surface area (TPSA) is 46.1 Å². The van der Waals surface area contributed by atoms with Crippen molar-refractivity contribution in [2.45, 2.75) is 27.3 Å². The number of anilines is 1. The quantitative estimate of drug-likeness (QED) is 0.467. The summed E-state index contributed by atoms with van der Waals surface area (Å²) in [7, 11) is 0. The van der Waals surface area contributed by atoms with Gasteiger partial charge in [-0.1, -0.05) is 41.2 Å². The van der Waals surface area contributed by atoms with Crippen molar-refractivity contribution in [3.63, 3.8) is 0 Å². The van der Waals surface area contributed by atoms with Crippen LogP contribution in [-0.4, -0.2) is 15.9 Å². The highest BCUT2D eigenvalue weighted by Crippen LogP contribution is 2.32. The highest BCUT2D eigenvalue weighted by molar-refractivity contribution is 7.22. The molecular formula is C23H21N3OS. The van der Waals surface area contributed by atoms with E-state index in [0.29, 0.717) is 17.2 Å². The molecule has 0 aliphatic carbocycles. The third kappa shape index (κ3) is 3.66. The summed E-state index contributed by atoms with van der Waals surface area (Å²) in [6.45, 7) is 6.46. The number of hydrogen-bond acceptors (Lipinski definition) is 4. The van der Waals surface area contributed by atoms with Gasteiger partial charge in [-0.2, -0.15) is 0 Å². The van der Waals surface area contributed by atoms with E-state index in [2.05, 4.69) is 18.0 Å². The van der Waals surface area contributed by atoms with Gasteiger partial charge in [0, 0.05) is 18.0 Å². The second kappa shape index (κ2) is 7.52. The molecule has 0 fully saturated rings. The molecule has 0 saturated heterocycles. The molecule has 0 bridgehead atoms. The van der Waals surface area contributed by atoms with Gasteiger partial charge >= 0.3 is 0 Å². The lowest BCUT2D eigenvalue weighted by Crippen LogP contribution is -2.31. The van der Waals surface area contributed by atoms with Crippen LogP contribution in [0.3, 0.4) is 0 Å². The van der Waals surface area contributed by atoms with Crippen LogP contribution in [0, 0.1) is 20.8 Å². The maximum atomic E-state index is 13.5. The normalized spacial score (nSPS) is 11.0. The van der Waals surface area contributed by atoms with Crippen molar-refractivity contribution < 1.29 is 4.79 Å². The number of nitrogens with zero attached hydrogens (tertiary/aromatic N) is 3. The smallest absolute Gasteiger partial charge is 0.260 e. The first-order valence-electron chi connectivity index (χ1n) is 9.16. The first-order valence-corrected chi connectivity index (χ1v) is 9.98. The highest BCUT2D eigenvalue weighted by atomic mass is 32.1. The van der Waals surface area contributed by atoms with E-state index in [4.69, 9.17) is 4.98 Å². The van der Waals surface area contributed by atoms with E-state index in [1.165, 1.54) is 5.56 Å². The first kappa shape index (κ1) is 18.3. The number of thiazole rings is 1. The summed E-state index contributed by atoms with van der Waals surface area (Å²) >= 11 is 1.55. The molecule has 4 rings (SSSR count). The summed E-state index contributed by atoms with van der Waals surface area (Å²) in [6, 6.07) is 16.0. The molecule has 2 aromatic heterocycles. The SMILES string of the molecule is Cc1ccc(C)c(C(=O)N(Cc2cccnc2)c2nc3ccc(C)cc3s2)c1. The van der Waals surface area contributed by atoms with E-state index in [9.17, 15) is 4.79 Å². The lowest BCUT2D eigenvalue weighted by atomic mass is 10.0. The number of carbonyl (C=O) groups is 1. The second-order valence-electron chi connectivity index (χ2n) is 7.04. The zero-order valence-electron chi connectivity index (χ0n) is 16.1. The van der Waals surface area contributed by atoms with Gasteiger partial charge in [-0.25, -0.2) is 4.98 Å². The Morgan fingerprint density at radius 3 is 2.61 bits per heavy atom. The Morgan fingerprint density at radius 1 is 1.04 bits per heavy atom. The van der Waals surface area contributed by atoms with Crippen molar-refractivity contribution in [3.05, 3.63) is 88.7 Å². The number of amides is 1. The van der Waals surface area contributed by atoms with E-state index < -0.39 is 0 Å². The van der Waals surface area contributed by atoms with Gasteiger partial charge in [0.1, 0.15) is 0 Å². The fourth-order valence-electron chi connectivity index (χ4n) is 3.15. The van der Waals surface area contributed by atoms with E-state index in [1.54, 1.807) is 28.6 Å². The van der Waals surface area contributed by atoms with E-state index in [0.717, 1.165) is 26.9 Å². The van der Waals surface area contributed by atoms with Crippen LogP contribution in [0.5, 0.6) is 0 Å². The highest BCUT2D eigenvalue weighted by Gasteiger charge is 2.23. The molecule has 2 aromatic carbocycles. The number of fused-ring (bicyclic) bond motifs is 1. The van der Waals surface area contributed by atoms with Crippen molar-refractivity contribution in [1.82, 2.24) is 9.97 Å². The van der Waals surface area contributed by atoms with Crippen molar-refractivity contribution >= 4 is 32.6 Å². The number of rotatable bonds is 4. The molecule has 0 N–H and O–H groups in total. The predicted molar refractivity (Wildman–Crippen MR) is 115 cm³/mol. The van der Waals surface area contributed by atoms with Gasteiger partial charge in [0.2, 0.25) is 0 Å². The van der Waals surface area contributed by atoms with Crippen LogP contribution < -0.4 is 4.90 Å². The van der Waals surface area contributed by atoms with Gasteiger partial charge in [-0.05, 0) is 61.7 Å². The van der Waals surface area contributed by atoms with Crippen LogP contribution in [0.4, 0.5) is 5.13 Å². The summed E-state index contributed by atoms with van der Waals surface area (Å²) in [4.78, 5) is 24.2. The second-order valence-corrected chi connectivity index (χ2v) is 8.05. The lowest BCUT2D eigenvalue weighted by molar-refractivity contribution is 0.0984. The Kier molecular flexibility index (Phi) is 4.92. The van der Waals surface area contributed by atoms with Gasteiger partial charge in [0.15, 0.2) is 5.13 Å². The Bertz CT molecular complexity index is 1150. The maximum absolute atomic E-state index is 13.5. The van der Waals surface area contributed by atoms with E-state index in [-0.39, 0.29) is 5.91 Å². The zero-order valence-corrected chi connectivity index (χ0v) is 17.0. The Balaban J connectivity index is 1.80. The van der Waals surface area contributed by atoms with Gasteiger partial charge in [0.05, 0.1) is 16.8 Å². The fraction of sp³-hybridized carbons (Fsp3) is 0.174. The lowest BCUT2D eigenvalue weighted by Gasteiger charge is -2.21. The molecule has 0 atom stereocenters. The minimum absolute atomic E-state index is 0.0409. The standard InChI is InChI=1S/C23H21N3OS/c1-15-6-8-17(3)19(11-15)22(27)26(14-18-5-4-10-24-13-18)23-25-20-9-7-16(2)12-21(20)28-23/h4-13H,14H2,1-3H3. The number of benzene rings is 2. The molecule has 1 amide bonds. The molecule has 0 aliphatic rings. The number of carbonyl (C=O) groups excluding carboxylic acids is 1. The number of aromatic nitrogens is 2. The molecule has 140 valence electrons. The third-order valence-electron chi connectivity index (χ3n) is 4.70. The molecule has 4 nitrogen and oxygen atoms in total. The molecule has 0 radical (unpaired) electrons. The van der Waals surface area contributed by atoms with Crippen molar-refractivity contribution in [1.29, 1.82) is 0 Å². The number of aryl methyl sites for hydroxylation is 3. The minimum atomic E-state index is -0.0409. The Hall–Kier alpha value is -3.05. The molecule has 2 heterocycles. The van der Waals surface area contributed by atoms with Crippen LogP contribution in [0.2, 0.25) is 0 Å². The number of pyridine rings is 1. The van der Waals surface area contributed by atoms with Crippen LogP contribution in [0.15, 0.2) is 60.9 Å². The summed E-state index contributed by atoms with van der Waals surface area (Å²) < 4.78 is 1.08. The largest absolute Gasteiger partial charge is 0.279 e. The average Bonchev–Trinajstić information content (AvgIpc) is 3.11. The predicted octanol–water partition coefficient (Wildman–Crippen LogP) is 5.46.